The summed E-state index contributed by atoms with van der Waals surface area (Å²) >= 11 is 0. The molecule has 0 aromatic carbocycles. The molecule has 5 rings (SSSR count). The maximum atomic E-state index is 14.5. The molecule has 15 nitrogen and oxygen atoms in total. The van der Waals surface area contributed by atoms with Crippen LogP contribution in [0.25, 0.3) is 0 Å². The van der Waals surface area contributed by atoms with Crippen LogP contribution in [0.1, 0.15) is 138 Å². The molecule has 15 heteroatoms. The molecule has 0 aromatic rings. The standard InChI is InChI=1S/C56H87NO14/c1-34-15-11-10-12-16-35(2)47(69-33-41-22-25-68-26-23-41)31-43-20-18-40(7)56(65,71-43)53(62)54(63)57-24-14-13-17-44(57)55(64)70-48(37(4)29-42-19-21-45(58)49(30-42)66-8)32-46(59)36(3)28-39(6)51(61)52(67-9)50(60)38(5)27-34/h10-12,15-16,28,34,36-38,40-45,47-49,51-52,58,61,65H,13-14,17-27,29-33H2,1-9H3/t34-,36-,37-,38-,40-,42+,43+,44+,45-,47-,48+,49-,51-,52+,56-/m1/s1. The second-order valence-electron chi connectivity index (χ2n) is 21.7. The zero-order valence-corrected chi connectivity index (χ0v) is 44.1. The number of fused-ring (bicyclic) bond motifs is 3. The van der Waals surface area contributed by atoms with Crippen LogP contribution in [0.15, 0.2) is 47.6 Å². The van der Waals surface area contributed by atoms with Crippen molar-refractivity contribution in [2.45, 2.75) is 193 Å². The maximum absolute atomic E-state index is 14.5. The summed E-state index contributed by atoms with van der Waals surface area (Å²) in [4.78, 5) is 72.6. The number of carbonyl (C=O) groups is 5. The summed E-state index contributed by atoms with van der Waals surface area (Å²) in [5.74, 6) is -7.70. The first kappa shape index (κ1) is 58.5. The highest BCUT2D eigenvalue weighted by Gasteiger charge is 2.53. The van der Waals surface area contributed by atoms with E-state index in [1.54, 1.807) is 34.0 Å². The second kappa shape index (κ2) is 27.8. The van der Waals surface area contributed by atoms with E-state index in [-0.39, 0.29) is 54.8 Å². The summed E-state index contributed by atoms with van der Waals surface area (Å²) in [5.41, 5.74) is 1.30. The zero-order valence-electron chi connectivity index (χ0n) is 44.1. The molecule has 0 aromatic heterocycles. The largest absolute Gasteiger partial charge is 0.460 e. The first-order valence-corrected chi connectivity index (χ1v) is 26.6. The van der Waals surface area contributed by atoms with Gasteiger partial charge in [-0.05, 0) is 126 Å². The highest BCUT2D eigenvalue weighted by Crippen LogP contribution is 2.38. The Balaban J connectivity index is 1.48. The molecular weight excluding hydrogens is 911 g/mol. The van der Waals surface area contributed by atoms with Gasteiger partial charge in [0.05, 0.1) is 31.0 Å². The Morgan fingerprint density at radius 1 is 0.831 bits per heavy atom. The predicted molar refractivity (Wildman–Crippen MR) is 268 cm³/mol. The van der Waals surface area contributed by atoms with Crippen LogP contribution in [0.2, 0.25) is 0 Å². The second-order valence-corrected chi connectivity index (χ2v) is 21.7. The number of amides is 1. The number of ether oxygens (including phenoxy) is 6. The van der Waals surface area contributed by atoms with Crippen molar-refractivity contribution in [1.82, 2.24) is 4.90 Å². The van der Waals surface area contributed by atoms with Gasteiger partial charge in [-0.2, -0.15) is 0 Å². The summed E-state index contributed by atoms with van der Waals surface area (Å²) in [7, 11) is 2.95. The lowest BCUT2D eigenvalue weighted by molar-refractivity contribution is -0.266. The number of esters is 1. The van der Waals surface area contributed by atoms with Gasteiger partial charge in [0.15, 0.2) is 5.78 Å². The van der Waals surface area contributed by atoms with Crippen LogP contribution in [-0.2, 0) is 52.4 Å². The Hall–Kier alpha value is -3.41. The third-order valence-corrected chi connectivity index (χ3v) is 16.1. The number of hydrogen-bond acceptors (Lipinski definition) is 14. The fourth-order valence-corrected chi connectivity index (χ4v) is 11.2. The minimum atomic E-state index is -2.45. The lowest BCUT2D eigenvalue weighted by Gasteiger charge is -2.43. The monoisotopic (exact) mass is 998 g/mol. The van der Waals surface area contributed by atoms with Gasteiger partial charge in [0.1, 0.15) is 30.1 Å². The number of allylic oxidation sites excluding steroid dienone is 6. The van der Waals surface area contributed by atoms with Crippen LogP contribution >= 0.6 is 0 Å². The molecule has 0 spiro atoms. The van der Waals surface area contributed by atoms with E-state index in [2.05, 4.69) is 0 Å². The number of hydrogen-bond donors (Lipinski definition) is 3. The van der Waals surface area contributed by atoms with Crippen LogP contribution in [0, 0.1) is 41.4 Å². The van der Waals surface area contributed by atoms with Crippen molar-refractivity contribution in [2.75, 3.05) is 40.6 Å². The molecule has 4 aliphatic heterocycles. The number of ketones is 3. The lowest BCUT2D eigenvalue weighted by atomic mass is 9.78. The van der Waals surface area contributed by atoms with Crippen LogP contribution in [0.5, 0.6) is 0 Å². The first-order valence-electron chi connectivity index (χ1n) is 26.6. The summed E-state index contributed by atoms with van der Waals surface area (Å²) in [6, 6.07) is -1.15. The van der Waals surface area contributed by atoms with Crippen LogP contribution in [-0.4, -0.2) is 145 Å². The molecule has 71 heavy (non-hydrogen) atoms. The normalized spacial score (nSPS) is 37.2. The van der Waals surface area contributed by atoms with Gasteiger partial charge in [-0.1, -0.05) is 71.1 Å². The number of aliphatic hydroxyl groups excluding tert-OH is 2. The van der Waals surface area contributed by atoms with Gasteiger partial charge < -0.3 is 48.6 Å². The highest BCUT2D eigenvalue weighted by atomic mass is 16.6. The lowest BCUT2D eigenvalue weighted by Crippen LogP contribution is -2.61. The SMILES string of the molecule is CO[C@@H]1C[C@H](C[C@@H](C)[C@@H]2CC(=O)[C@H](C)C=C(C)[C@@H](O)[C@@H](OC)C(=O)[C@H](C)C[C@H](C)C=CC=CC=C(C)[C@H](OCC3CCOCC3)C[C@@H]3CC[C@@H](C)[C@@](O)(O3)C(=O)C(=O)N3CCCC[C@H]3C(=O)O2)CC[C@H]1O. The number of carbonyl (C=O) groups excluding carboxylic acids is 5. The molecule has 15 atom stereocenters. The van der Waals surface area contributed by atoms with Crippen molar-refractivity contribution < 1.29 is 67.7 Å². The van der Waals surface area contributed by atoms with Gasteiger partial charge in [-0.25, -0.2) is 4.79 Å². The number of cyclic esters (lactones) is 1. The molecule has 1 amide bonds. The number of Topliss-reactive ketones (excluding diaryl/α,β-unsaturated/α-hetero) is 3. The van der Waals surface area contributed by atoms with Crippen LogP contribution in [0.3, 0.4) is 0 Å². The third kappa shape index (κ3) is 16.0. The van der Waals surface area contributed by atoms with Crippen molar-refractivity contribution in [3.05, 3.63) is 47.6 Å². The molecule has 3 N–H and O–H groups in total. The van der Waals surface area contributed by atoms with Crippen LogP contribution < -0.4 is 0 Å². The van der Waals surface area contributed by atoms with E-state index in [1.807, 2.05) is 58.1 Å². The summed E-state index contributed by atoms with van der Waals surface area (Å²) in [5, 5.41) is 34.2. The molecule has 2 bridgehead atoms. The molecule has 400 valence electrons. The van der Waals surface area contributed by atoms with E-state index in [0.717, 1.165) is 24.8 Å². The molecular formula is C56H87NO14. The summed E-state index contributed by atoms with van der Waals surface area (Å²) < 4.78 is 36.0. The molecule has 0 unspecified atom stereocenters. The zero-order chi connectivity index (χ0) is 52.0. The number of rotatable bonds is 8. The van der Waals surface area contributed by atoms with E-state index in [0.29, 0.717) is 89.1 Å². The Morgan fingerprint density at radius 2 is 1.56 bits per heavy atom. The van der Waals surface area contributed by atoms with Crippen molar-refractivity contribution in [3.8, 4) is 0 Å². The first-order chi connectivity index (χ1) is 33.8. The van der Waals surface area contributed by atoms with Gasteiger partial charge >= 0.3 is 5.97 Å². The van der Waals surface area contributed by atoms with Crippen molar-refractivity contribution in [1.29, 1.82) is 0 Å². The maximum Gasteiger partial charge on any atom is 0.329 e. The van der Waals surface area contributed by atoms with Gasteiger partial charge in [-0.15, -0.1) is 0 Å². The Labute approximate surface area is 423 Å². The molecule has 1 aliphatic carbocycles. The Bertz CT molecular complexity index is 1910. The quantitative estimate of drug-likeness (QED) is 0.128. The predicted octanol–water partition coefficient (Wildman–Crippen LogP) is 6.98. The molecule has 0 radical (unpaired) electrons. The van der Waals surface area contributed by atoms with Gasteiger partial charge in [-0.3, -0.25) is 19.2 Å². The Morgan fingerprint density at radius 3 is 2.27 bits per heavy atom. The van der Waals surface area contributed by atoms with E-state index in [1.165, 1.54) is 12.0 Å². The van der Waals surface area contributed by atoms with E-state index >= 15 is 0 Å². The van der Waals surface area contributed by atoms with Gasteiger partial charge in [0, 0.05) is 64.6 Å². The van der Waals surface area contributed by atoms with Crippen molar-refractivity contribution >= 4 is 29.2 Å². The molecule has 5 aliphatic rings. The molecule has 1 saturated carbocycles. The smallest absolute Gasteiger partial charge is 0.329 e. The van der Waals surface area contributed by atoms with Gasteiger partial charge in [0.2, 0.25) is 5.79 Å². The van der Waals surface area contributed by atoms with E-state index < -0.39 is 83.9 Å². The van der Waals surface area contributed by atoms with E-state index in [4.69, 9.17) is 28.4 Å². The number of methoxy groups -OCH3 is 2. The minimum Gasteiger partial charge on any atom is -0.460 e. The fraction of sp³-hybridized carbons (Fsp3) is 0.768. The molecule has 4 heterocycles. The van der Waals surface area contributed by atoms with Gasteiger partial charge in [0.25, 0.3) is 11.7 Å². The number of piperidine rings is 1. The number of aliphatic hydroxyl groups is 3. The summed E-state index contributed by atoms with van der Waals surface area (Å²) in [6.45, 7) is 14.7. The molecule has 3 saturated heterocycles. The number of nitrogens with zero attached hydrogens (tertiary/aromatic N) is 1. The van der Waals surface area contributed by atoms with Crippen molar-refractivity contribution in [2.24, 2.45) is 41.4 Å². The van der Waals surface area contributed by atoms with Crippen molar-refractivity contribution in [3.63, 3.8) is 0 Å². The van der Waals surface area contributed by atoms with E-state index in [9.17, 15) is 39.3 Å². The average molecular weight is 998 g/mol. The Kier molecular flexibility index (Phi) is 22.9. The van der Waals surface area contributed by atoms with Crippen LogP contribution in [0.4, 0.5) is 0 Å². The molecule has 4 fully saturated rings. The highest BCUT2D eigenvalue weighted by molar-refractivity contribution is 6.39. The minimum absolute atomic E-state index is 0.00897. The third-order valence-electron chi connectivity index (χ3n) is 16.1. The fourth-order valence-electron chi connectivity index (χ4n) is 11.2. The summed E-state index contributed by atoms with van der Waals surface area (Å²) in [6.07, 6.45) is 13.0. The topological polar surface area (TPSA) is 205 Å². The average Bonchev–Trinajstić information content (AvgIpc) is 3.35.